The lowest BCUT2D eigenvalue weighted by molar-refractivity contribution is 0.0695. The van der Waals surface area contributed by atoms with E-state index in [1.807, 2.05) is 30.3 Å². The Hall–Kier alpha value is -2.23. The molecule has 4 heteroatoms. The van der Waals surface area contributed by atoms with Gasteiger partial charge in [0.1, 0.15) is 17.1 Å². The summed E-state index contributed by atoms with van der Waals surface area (Å²) in [6.45, 7) is 2.12. The first-order chi connectivity index (χ1) is 8.16. The third kappa shape index (κ3) is 2.66. The van der Waals surface area contributed by atoms with E-state index in [0.717, 1.165) is 5.69 Å². The molecule has 0 aliphatic carbocycles. The van der Waals surface area contributed by atoms with Gasteiger partial charge in [0.2, 0.25) is 0 Å². The minimum absolute atomic E-state index is 0.217. The Balaban J connectivity index is 2.05. The molecule has 0 amide bonds. The van der Waals surface area contributed by atoms with Crippen LogP contribution in [-0.4, -0.2) is 11.1 Å². The first kappa shape index (κ1) is 11.3. The van der Waals surface area contributed by atoms with Crippen LogP contribution in [0.2, 0.25) is 0 Å². The second-order valence-corrected chi connectivity index (χ2v) is 3.71. The van der Waals surface area contributed by atoms with E-state index in [1.54, 1.807) is 13.0 Å². The fraction of sp³-hybridized carbons (Fsp3) is 0.154. The maximum atomic E-state index is 10.8. The molecule has 2 rings (SSSR count). The summed E-state index contributed by atoms with van der Waals surface area (Å²) < 4.78 is 5.35. The number of para-hydroxylation sites is 1. The van der Waals surface area contributed by atoms with Crippen molar-refractivity contribution in [3.8, 4) is 0 Å². The van der Waals surface area contributed by atoms with Gasteiger partial charge in [0, 0.05) is 5.69 Å². The second-order valence-electron chi connectivity index (χ2n) is 3.71. The maximum absolute atomic E-state index is 10.8. The van der Waals surface area contributed by atoms with Crippen LogP contribution in [0.15, 0.2) is 40.8 Å². The molecule has 0 saturated heterocycles. The Morgan fingerprint density at radius 3 is 2.65 bits per heavy atom. The smallest absolute Gasteiger partial charge is 0.339 e. The maximum Gasteiger partial charge on any atom is 0.339 e. The van der Waals surface area contributed by atoms with Gasteiger partial charge in [0.15, 0.2) is 0 Å². The van der Waals surface area contributed by atoms with Gasteiger partial charge in [0.05, 0.1) is 6.54 Å². The van der Waals surface area contributed by atoms with Crippen LogP contribution in [-0.2, 0) is 6.54 Å². The summed E-state index contributed by atoms with van der Waals surface area (Å²) >= 11 is 0. The molecular weight excluding hydrogens is 218 g/mol. The number of carboxylic acid groups (broad SMARTS) is 1. The van der Waals surface area contributed by atoms with Crippen molar-refractivity contribution in [2.45, 2.75) is 13.5 Å². The number of nitrogens with one attached hydrogen (secondary N) is 1. The van der Waals surface area contributed by atoms with Crippen molar-refractivity contribution in [1.29, 1.82) is 0 Å². The van der Waals surface area contributed by atoms with Crippen LogP contribution in [0.5, 0.6) is 0 Å². The van der Waals surface area contributed by atoms with Crippen LogP contribution in [0.4, 0.5) is 5.69 Å². The molecule has 1 heterocycles. The van der Waals surface area contributed by atoms with Gasteiger partial charge in [-0.05, 0) is 25.1 Å². The molecule has 2 N–H and O–H groups in total. The predicted molar refractivity (Wildman–Crippen MR) is 64.2 cm³/mol. The molecule has 1 aromatic heterocycles. The van der Waals surface area contributed by atoms with E-state index in [1.165, 1.54) is 0 Å². The first-order valence-electron chi connectivity index (χ1n) is 5.28. The van der Waals surface area contributed by atoms with E-state index in [0.29, 0.717) is 18.1 Å². The average molecular weight is 231 g/mol. The zero-order valence-electron chi connectivity index (χ0n) is 9.43. The van der Waals surface area contributed by atoms with Crippen molar-refractivity contribution in [2.24, 2.45) is 0 Å². The molecule has 0 spiro atoms. The molecule has 4 nitrogen and oxygen atoms in total. The quantitative estimate of drug-likeness (QED) is 0.849. The molecule has 0 aliphatic rings. The zero-order chi connectivity index (χ0) is 12.3. The molecule has 0 unspecified atom stereocenters. The summed E-state index contributed by atoms with van der Waals surface area (Å²) in [7, 11) is 0. The summed E-state index contributed by atoms with van der Waals surface area (Å²) in [5.74, 6) is 0.0864. The minimum Gasteiger partial charge on any atom is -0.478 e. The summed E-state index contributed by atoms with van der Waals surface area (Å²) in [5.41, 5.74) is 1.19. The highest BCUT2D eigenvalue weighted by Gasteiger charge is 2.13. The van der Waals surface area contributed by atoms with Crippen LogP contribution in [0, 0.1) is 6.92 Å². The molecule has 88 valence electrons. The lowest BCUT2D eigenvalue weighted by atomic mass is 10.2. The van der Waals surface area contributed by atoms with E-state index in [4.69, 9.17) is 9.52 Å². The number of furan rings is 1. The molecule has 2 aromatic rings. The van der Waals surface area contributed by atoms with Crippen LogP contribution in [0.3, 0.4) is 0 Å². The number of rotatable bonds is 4. The number of aromatic carboxylic acids is 1. The van der Waals surface area contributed by atoms with Crippen LogP contribution in [0.25, 0.3) is 0 Å². The largest absolute Gasteiger partial charge is 0.478 e. The van der Waals surface area contributed by atoms with Crippen LogP contribution < -0.4 is 5.32 Å². The van der Waals surface area contributed by atoms with Gasteiger partial charge in [-0.15, -0.1) is 0 Å². The Morgan fingerprint density at radius 2 is 2.06 bits per heavy atom. The summed E-state index contributed by atoms with van der Waals surface area (Å²) in [6, 6.07) is 11.2. The number of benzene rings is 1. The SMILES string of the molecule is Cc1oc(CNc2ccccc2)cc1C(=O)O. The van der Waals surface area contributed by atoms with Gasteiger partial charge in [-0.25, -0.2) is 4.79 Å². The third-order valence-electron chi connectivity index (χ3n) is 2.44. The molecule has 0 bridgehead atoms. The Kier molecular flexibility index (Phi) is 3.14. The van der Waals surface area contributed by atoms with Crippen molar-refractivity contribution in [3.63, 3.8) is 0 Å². The number of anilines is 1. The Bertz CT molecular complexity index is 517. The van der Waals surface area contributed by atoms with Gasteiger partial charge in [0.25, 0.3) is 0 Å². The van der Waals surface area contributed by atoms with Crippen molar-refractivity contribution < 1.29 is 14.3 Å². The van der Waals surface area contributed by atoms with Crippen molar-refractivity contribution in [1.82, 2.24) is 0 Å². The molecular formula is C13H13NO3. The van der Waals surface area contributed by atoms with Crippen molar-refractivity contribution in [2.75, 3.05) is 5.32 Å². The fourth-order valence-corrected chi connectivity index (χ4v) is 1.59. The summed E-state index contributed by atoms with van der Waals surface area (Å²) in [5, 5.41) is 12.0. The van der Waals surface area contributed by atoms with Crippen LogP contribution in [0.1, 0.15) is 21.9 Å². The standard InChI is InChI=1S/C13H13NO3/c1-9-12(13(15)16)7-11(17-9)8-14-10-5-3-2-4-6-10/h2-7,14H,8H2,1H3,(H,15,16). The van der Waals surface area contributed by atoms with E-state index in [2.05, 4.69) is 5.32 Å². The average Bonchev–Trinajstić information content (AvgIpc) is 2.69. The highest BCUT2D eigenvalue weighted by atomic mass is 16.4. The molecule has 0 aliphatic heterocycles. The molecule has 1 aromatic carbocycles. The van der Waals surface area contributed by atoms with Gasteiger partial charge >= 0.3 is 5.97 Å². The van der Waals surface area contributed by atoms with Gasteiger partial charge < -0.3 is 14.8 Å². The first-order valence-corrected chi connectivity index (χ1v) is 5.28. The second kappa shape index (κ2) is 4.74. The zero-order valence-corrected chi connectivity index (χ0v) is 9.43. The Morgan fingerprint density at radius 1 is 1.35 bits per heavy atom. The number of aryl methyl sites for hydroxylation is 1. The molecule has 0 atom stereocenters. The molecule has 0 saturated carbocycles. The number of hydrogen-bond acceptors (Lipinski definition) is 3. The monoisotopic (exact) mass is 231 g/mol. The summed E-state index contributed by atoms with van der Waals surface area (Å²) in [4.78, 5) is 10.8. The number of carboxylic acids is 1. The highest BCUT2D eigenvalue weighted by molar-refractivity contribution is 5.88. The van der Waals surface area contributed by atoms with E-state index in [-0.39, 0.29) is 5.56 Å². The van der Waals surface area contributed by atoms with E-state index < -0.39 is 5.97 Å². The normalized spacial score (nSPS) is 10.2. The number of hydrogen-bond donors (Lipinski definition) is 2. The lowest BCUT2D eigenvalue weighted by Crippen LogP contribution is -1.98. The minimum atomic E-state index is -0.961. The lowest BCUT2D eigenvalue weighted by Gasteiger charge is -2.02. The van der Waals surface area contributed by atoms with Crippen molar-refractivity contribution in [3.05, 3.63) is 53.5 Å². The summed E-state index contributed by atoms with van der Waals surface area (Å²) in [6.07, 6.45) is 0. The molecule has 0 fully saturated rings. The molecule has 0 radical (unpaired) electrons. The Labute approximate surface area is 98.9 Å². The predicted octanol–water partition coefficient (Wildman–Crippen LogP) is 2.90. The van der Waals surface area contributed by atoms with Gasteiger partial charge in [-0.2, -0.15) is 0 Å². The van der Waals surface area contributed by atoms with E-state index >= 15 is 0 Å². The highest BCUT2D eigenvalue weighted by Crippen LogP contribution is 2.16. The topological polar surface area (TPSA) is 62.5 Å². The van der Waals surface area contributed by atoms with E-state index in [9.17, 15) is 4.79 Å². The third-order valence-corrected chi connectivity index (χ3v) is 2.44. The fourth-order valence-electron chi connectivity index (χ4n) is 1.59. The number of carbonyl (C=O) groups is 1. The van der Waals surface area contributed by atoms with Gasteiger partial charge in [-0.1, -0.05) is 18.2 Å². The van der Waals surface area contributed by atoms with Crippen molar-refractivity contribution >= 4 is 11.7 Å². The van der Waals surface area contributed by atoms with Crippen LogP contribution >= 0.6 is 0 Å². The molecule has 17 heavy (non-hydrogen) atoms. The van der Waals surface area contributed by atoms with Gasteiger partial charge in [-0.3, -0.25) is 0 Å².